The summed E-state index contributed by atoms with van der Waals surface area (Å²) in [7, 11) is -4.23. The van der Waals surface area contributed by atoms with E-state index in [1.165, 1.54) is 17.1 Å². The fourth-order valence-corrected chi connectivity index (χ4v) is 5.68. The summed E-state index contributed by atoms with van der Waals surface area (Å²) in [5.41, 5.74) is 8.90. The lowest BCUT2D eigenvalue weighted by Crippen LogP contribution is -2.39. The number of nitrogens with two attached hydrogens (primary N) is 1. The number of hydrogen-bond donors (Lipinski definition) is 2. The molecule has 1 amide bonds. The van der Waals surface area contributed by atoms with Gasteiger partial charge in [0.25, 0.3) is 21.9 Å². The summed E-state index contributed by atoms with van der Waals surface area (Å²) in [6.07, 6.45) is 0. The third kappa shape index (κ3) is 7.04. The zero-order chi connectivity index (χ0) is 29.7. The molecule has 12 heteroatoms. The van der Waals surface area contributed by atoms with Crippen LogP contribution in [0.3, 0.4) is 0 Å². The second-order valence-electron chi connectivity index (χ2n) is 9.17. The van der Waals surface area contributed by atoms with Gasteiger partial charge in [0.15, 0.2) is 0 Å². The van der Waals surface area contributed by atoms with E-state index in [-0.39, 0.29) is 29.3 Å². The maximum Gasteiger partial charge on any atom is 0.285 e. The second-order valence-corrected chi connectivity index (χ2v) is 12.5. The van der Waals surface area contributed by atoms with Crippen LogP contribution >= 0.6 is 34.2 Å². The highest BCUT2D eigenvalue weighted by molar-refractivity contribution is 14.1. The summed E-state index contributed by atoms with van der Waals surface area (Å²) in [5.74, 6) is -1.41. The number of benzene rings is 4. The largest absolute Gasteiger partial charge is 0.369 e. The van der Waals surface area contributed by atoms with Crippen LogP contribution in [0.1, 0.15) is 27.4 Å². The fourth-order valence-electron chi connectivity index (χ4n) is 4.26. The molecule has 0 saturated carbocycles. The summed E-state index contributed by atoms with van der Waals surface area (Å²) in [5, 5.41) is 9.22. The van der Waals surface area contributed by atoms with Crippen molar-refractivity contribution in [3.8, 4) is 0 Å². The van der Waals surface area contributed by atoms with Crippen LogP contribution in [0.15, 0.2) is 129 Å². The Hall–Kier alpha value is -4.07. The number of guanidine groups is 2. The second kappa shape index (κ2) is 12.8. The molecule has 4 aromatic rings. The highest BCUT2D eigenvalue weighted by Crippen LogP contribution is 2.30. The summed E-state index contributed by atoms with van der Waals surface area (Å²) >= 11 is 8.22. The van der Waals surface area contributed by atoms with E-state index in [1.807, 2.05) is 42.5 Å². The standard InChI is InChI=1S/C30H24ClIN6O3S/c31-23-13-11-21(12-14-23)27-26(20-7-3-1-4-8-20)19-38(36-27)30(37-42(40,41)25-17-15-24(32)16-18-25)35-29(33)34-28(39)22-9-5-2-6-10-22/h1-18,26H,19H2,(H3,33,34,35,37,39). The van der Waals surface area contributed by atoms with Gasteiger partial charge in [0, 0.05) is 20.1 Å². The molecule has 4 aromatic carbocycles. The molecule has 5 rings (SSSR count). The van der Waals surface area contributed by atoms with Crippen LogP contribution in [0.5, 0.6) is 0 Å². The number of carbonyl (C=O) groups excluding carboxylic acids is 1. The van der Waals surface area contributed by atoms with Crippen molar-refractivity contribution in [3.05, 3.63) is 134 Å². The first kappa shape index (κ1) is 29.4. The molecule has 1 atom stereocenters. The van der Waals surface area contributed by atoms with Crippen molar-refractivity contribution in [2.45, 2.75) is 10.8 Å². The van der Waals surface area contributed by atoms with Gasteiger partial charge in [0.2, 0.25) is 5.96 Å². The lowest BCUT2D eigenvalue weighted by atomic mass is 9.91. The molecule has 212 valence electrons. The van der Waals surface area contributed by atoms with Crippen LogP contribution in [0.2, 0.25) is 5.02 Å². The van der Waals surface area contributed by atoms with Gasteiger partial charge in [-0.05, 0) is 82.2 Å². The first-order chi connectivity index (χ1) is 20.2. The van der Waals surface area contributed by atoms with Crippen LogP contribution in [0, 0.1) is 3.57 Å². The molecule has 0 aliphatic carbocycles. The minimum Gasteiger partial charge on any atom is -0.369 e. The first-order valence-electron chi connectivity index (χ1n) is 12.7. The lowest BCUT2D eigenvalue weighted by molar-refractivity contribution is 0.0976. The molecule has 1 unspecified atom stereocenters. The fraction of sp³-hybridized carbons (Fsp3) is 0.0667. The number of nitrogens with zero attached hydrogens (tertiary/aromatic N) is 4. The van der Waals surface area contributed by atoms with Gasteiger partial charge in [0.1, 0.15) is 0 Å². The van der Waals surface area contributed by atoms with Crippen molar-refractivity contribution in [2.24, 2.45) is 20.2 Å². The number of hydrogen-bond acceptors (Lipinski definition) is 4. The Labute approximate surface area is 262 Å². The van der Waals surface area contributed by atoms with Gasteiger partial charge in [-0.2, -0.15) is 18.5 Å². The average molecular weight is 711 g/mol. The van der Waals surface area contributed by atoms with Crippen LogP contribution < -0.4 is 11.1 Å². The van der Waals surface area contributed by atoms with Gasteiger partial charge in [-0.25, -0.2) is 5.01 Å². The predicted molar refractivity (Wildman–Crippen MR) is 173 cm³/mol. The number of aliphatic imine (C=N–C) groups is 1. The molecule has 0 bridgehead atoms. The van der Waals surface area contributed by atoms with Gasteiger partial charge in [-0.3, -0.25) is 10.1 Å². The number of sulfonamides is 1. The maximum atomic E-state index is 13.4. The molecule has 42 heavy (non-hydrogen) atoms. The van der Waals surface area contributed by atoms with Crippen LogP contribution in [0.4, 0.5) is 0 Å². The molecular formula is C30H24ClIN6O3S. The van der Waals surface area contributed by atoms with E-state index in [4.69, 9.17) is 22.4 Å². The van der Waals surface area contributed by atoms with Gasteiger partial charge >= 0.3 is 0 Å². The number of nitrogens with one attached hydrogen (secondary N) is 1. The molecular weight excluding hydrogens is 687 g/mol. The molecule has 0 spiro atoms. The first-order valence-corrected chi connectivity index (χ1v) is 15.6. The third-order valence-corrected chi connectivity index (χ3v) is 8.54. The molecule has 1 aliphatic heterocycles. The highest BCUT2D eigenvalue weighted by atomic mass is 127. The van der Waals surface area contributed by atoms with E-state index in [2.05, 4.69) is 37.3 Å². The van der Waals surface area contributed by atoms with Gasteiger partial charge < -0.3 is 5.73 Å². The average Bonchev–Trinajstić information content (AvgIpc) is 3.44. The summed E-state index contributed by atoms with van der Waals surface area (Å²) in [6, 6.07) is 31.6. The number of halogens is 2. The molecule has 9 nitrogen and oxygen atoms in total. The van der Waals surface area contributed by atoms with E-state index in [1.54, 1.807) is 54.6 Å². The molecule has 0 fully saturated rings. The van der Waals surface area contributed by atoms with E-state index in [0.29, 0.717) is 16.3 Å². The van der Waals surface area contributed by atoms with Crippen molar-refractivity contribution >= 4 is 67.8 Å². The minimum atomic E-state index is -4.23. The monoisotopic (exact) mass is 710 g/mol. The van der Waals surface area contributed by atoms with Gasteiger partial charge in [-0.15, -0.1) is 4.40 Å². The summed E-state index contributed by atoms with van der Waals surface area (Å²) < 4.78 is 31.7. The quantitative estimate of drug-likeness (QED) is 0.166. The molecule has 0 radical (unpaired) electrons. The van der Waals surface area contributed by atoms with E-state index >= 15 is 0 Å². The lowest BCUT2D eigenvalue weighted by Gasteiger charge is -2.16. The van der Waals surface area contributed by atoms with E-state index in [9.17, 15) is 13.2 Å². The van der Waals surface area contributed by atoms with E-state index in [0.717, 1.165) is 14.7 Å². The maximum absolute atomic E-state index is 13.4. The predicted octanol–water partition coefficient (Wildman–Crippen LogP) is 5.24. The Morgan fingerprint density at radius 3 is 2.19 bits per heavy atom. The zero-order valence-electron chi connectivity index (χ0n) is 21.9. The smallest absolute Gasteiger partial charge is 0.285 e. The molecule has 0 aromatic heterocycles. The normalized spacial score (nSPS) is 15.8. The van der Waals surface area contributed by atoms with E-state index < -0.39 is 15.9 Å². The molecule has 0 saturated heterocycles. The van der Waals surface area contributed by atoms with Crippen LogP contribution in [-0.4, -0.2) is 43.5 Å². The molecule has 1 aliphatic rings. The Morgan fingerprint density at radius 2 is 1.55 bits per heavy atom. The summed E-state index contributed by atoms with van der Waals surface area (Å²) in [6.45, 7) is 0.215. The topological polar surface area (TPSA) is 130 Å². The van der Waals surface area contributed by atoms with Crippen molar-refractivity contribution in [1.82, 2.24) is 10.3 Å². The Morgan fingerprint density at radius 1 is 0.929 bits per heavy atom. The Balaban J connectivity index is 1.58. The van der Waals surface area contributed by atoms with Crippen molar-refractivity contribution in [2.75, 3.05) is 6.54 Å². The minimum absolute atomic E-state index is 0.0248. The Kier molecular flexibility index (Phi) is 9.00. The zero-order valence-corrected chi connectivity index (χ0v) is 25.7. The van der Waals surface area contributed by atoms with Gasteiger partial charge in [0.05, 0.1) is 17.2 Å². The van der Waals surface area contributed by atoms with Crippen molar-refractivity contribution < 1.29 is 13.2 Å². The van der Waals surface area contributed by atoms with Crippen LogP contribution in [0.25, 0.3) is 0 Å². The Bertz CT molecular complexity index is 1780. The third-order valence-electron chi connectivity index (χ3n) is 6.30. The van der Waals surface area contributed by atoms with Crippen molar-refractivity contribution in [3.63, 3.8) is 0 Å². The molecule has 3 N–H and O–H groups in total. The van der Waals surface area contributed by atoms with Gasteiger partial charge in [-0.1, -0.05) is 72.3 Å². The molecule has 1 heterocycles. The number of carbonyl (C=O) groups is 1. The number of amides is 1. The number of hydrazone groups is 1. The van der Waals surface area contributed by atoms with Crippen LogP contribution in [-0.2, 0) is 10.0 Å². The highest BCUT2D eigenvalue weighted by Gasteiger charge is 2.33. The number of rotatable bonds is 5. The van der Waals surface area contributed by atoms with Crippen molar-refractivity contribution in [1.29, 1.82) is 0 Å². The summed E-state index contributed by atoms with van der Waals surface area (Å²) in [4.78, 5) is 16.9. The SMILES string of the molecule is N/C(=N\C(=N\S(=O)(=O)c1ccc(I)cc1)N1CC(c2ccccc2)C(c2ccc(Cl)cc2)=N1)NC(=O)c1ccccc1.